The number of ether oxygens (including phenoxy) is 2. The van der Waals surface area contributed by atoms with E-state index in [2.05, 4.69) is 33.7 Å². The molecule has 130 valence electrons. The van der Waals surface area contributed by atoms with Gasteiger partial charge in [-0.15, -0.1) is 0 Å². The molecule has 2 aliphatic heterocycles. The molecular weight excluding hydrogens is 466 g/mol. The predicted octanol–water partition coefficient (Wildman–Crippen LogP) is 1.90. The van der Waals surface area contributed by atoms with Gasteiger partial charge in [-0.3, -0.25) is 0 Å². The van der Waals surface area contributed by atoms with Gasteiger partial charge in [0.1, 0.15) is 0 Å². The maximum atomic E-state index is 11.6. The fraction of sp³-hybridized carbons (Fsp3) is 0.0952. The van der Waals surface area contributed by atoms with Crippen molar-refractivity contribution in [3.05, 3.63) is 82.4 Å². The Balaban J connectivity index is 1.86. The Hall–Kier alpha value is -1.99. The fourth-order valence-corrected chi connectivity index (χ4v) is 4.71. The van der Waals surface area contributed by atoms with Crippen LogP contribution in [0.3, 0.4) is 0 Å². The van der Waals surface area contributed by atoms with Crippen molar-refractivity contribution in [2.75, 3.05) is 0 Å². The van der Waals surface area contributed by atoms with Crippen molar-refractivity contribution in [1.29, 1.82) is 0 Å². The summed E-state index contributed by atoms with van der Waals surface area (Å²) in [6.07, 6.45) is 0. The van der Waals surface area contributed by atoms with E-state index in [0.29, 0.717) is 6.61 Å². The molecule has 0 aliphatic carbocycles. The van der Waals surface area contributed by atoms with E-state index in [1.807, 2.05) is 42.5 Å². The van der Waals surface area contributed by atoms with Gasteiger partial charge in [-0.2, -0.15) is 0 Å². The summed E-state index contributed by atoms with van der Waals surface area (Å²) in [5.41, 5.74) is 3.02. The van der Waals surface area contributed by atoms with Crippen LogP contribution < -0.4 is 13.4 Å². The van der Waals surface area contributed by atoms with Crippen LogP contribution in [0.4, 0.5) is 0 Å². The van der Waals surface area contributed by atoms with Crippen molar-refractivity contribution in [3.8, 4) is 11.5 Å². The molecule has 0 fully saturated rings. The topological polar surface area (TPSA) is 55.8 Å². The maximum absolute atomic E-state index is 11.6. The summed E-state index contributed by atoms with van der Waals surface area (Å²) in [5.74, 6) is 0.509. The van der Waals surface area contributed by atoms with Crippen LogP contribution >= 0.6 is 0 Å². The molecule has 6 heteroatoms. The molecule has 5 rings (SSSR count). The monoisotopic (exact) mass is 478 g/mol. The predicted molar refractivity (Wildman–Crippen MR) is 102 cm³/mol. The van der Waals surface area contributed by atoms with Crippen LogP contribution in [0.5, 0.6) is 11.5 Å². The van der Waals surface area contributed by atoms with Crippen LogP contribution in [0.1, 0.15) is 32.6 Å². The molecule has 0 amide bonds. The summed E-state index contributed by atoms with van der Waals surface area (Å²) < 4.78 is 14.7. The van der Waals surface area contributed by atoms with Gasteiger partial charge in [0.05, 0.1) is 0 Å². The molecule has 0 atom stereocenters. The molecule has 3 aromatic carbocycles. The van der Waals surface area contributed by atoms with Crippen molar-refractivity contribution in [1.82, 2.24) is 0 Å². The van der Waals surface area contributed by atoms with Gasteiger partial charge in [-0.25, -0.2) is 0 Å². The van der Waals surface area contributed by atoms with Crippen LogP contribution in [0, 0.1) is 0 Å². The summed E-state index contributed by atoms with van der Waals surface area (Å²) in [6, 6.07) is 17.2. The van der Waals surface area contributed by atoms with Crippen LogP contribution in [-0.2, 0) is 16.9 Å². The summed E-state index contributed by atoms with van der Waals surface area (Å²) in [7, 11) is 0. The average Bonchev–Trinajstić information content (AvgIpc) is 3.00. The zero-order valence-corrected chi connectivity index (χ0v) is 17.7. The van der Waals surface area contributed by atoms with Crippen LogP contribution in [-0.4, -0.2) is 44.8 Å². The molecule has 0 saturated heterocycles. The second kappa shape index (κ2) is 6.00. The Morgan fingerprint density at radius 3 is 2.11 bits per heavy atom. The van der Waals surface area contributed by atoms with E-state index in [-0.39, 0.29) is 5.56 Å². The number of carboxylic acid groups (broad SMARTS) is 1. The minimum atomic E-state index is -0.949. The van der Waals surface area contributed by atoms with Crippen molar-refractivity contribution < 1.29 is 19.4 Å². The summed E-state index contributed by atoms with van der Waals surface area (Å²) in [4.78, 5) is 11.6. The Morgan fingerprint density at radius 2 is 1.52 bits per heavy atom. The number of rotatable bonds is 1. The molecule has 4 nitrogen and oxygen atoms in total. The van der Waals surface area contributed by atoms with E-state index in [9.17, 15) is 9.90 Å². The normalized spacial score (nSPS) is 15.6. The molecule has 2 aliphatic rings. The average molecular weight is 478 g/mol. The number of hydrogen-bond acceptors (Lipinski definition) is 3. The van der Waals surface area contributed by atoms with Gasteiger partial charge < -0.3 is 0 Å². The second-order valence-corrected chi connectivity index (χ2v) is 8.78. The Labute approximate surface area is 173 Å². The van der Waals surface area contributed by atoms with Crippen molar-refractivity contribution in [2.45, 2.75) is 12.2 Å². The van der Waals surface area contributed by atoms with Crippen molar-refractivity contribution >= 4 is 48.4 Å². The number of carbonyl (C=O) groups is 1. The van der Waals surface area contributed by atoms with Crippen LogP contribution in [0.15, 0.2) is 54.6 Å². The van der Waals surface area contributed by atoms with E-state index in [1.54, 1.807) is 12.1 Å². The summed E-state index contributed by atoms with van der Waals surface area (Å²) in [5, 5.41) is 9.50. The number of benzene rings is 3. The van der Waals surface area contributed by atoms with Gasteiger partial charge in [0.25, 0.3) is 0 Å². The van der Waals surface area contributed by atoms with Gasteiger partial charge in [0.15, 0.2) is 0 Å². The van der Waals surface area contributed by atoms with Crippen molar-refractivity contribution in [3.63, 3.8) is 0 Å². The molecule has 2 heterocycles. The first kappa shape index (κ1) is 17.1. The second-order valence-electron chi connectivity index (χ2n) is 6.61. The van der Waals surface area contributed by atoms with Gasteiger partial charge in [0.2, 0.25) is 0 Å². The van der Waals surface area contributed by atoms with Gasteiger partial charge >= 0.3 is 174 Å². The zero-order chi connectivity index (χ0) is 18.8. The van der Waals surface area contributed by atoms with Gasteiger partial charge in [-0.1, -0.05) is 0 Å². The first-order valence-electron chi connectivity index (χ1n) is 8.34. The standard InChI is InChI=1S/C21H12As2O4/c22-13-3-5-15-18(8-13)27-19-9-14(23)4-6-16(19)21(15)17-7-11(20(24)25)1-2-12(17)10-26-21/h1-9H,10H2,(H,24,25). The molecular formula is C21H12As2O4. The minimum absolute atomic E-state index is 0.251. The SMILES string of the molecule is O=C(O)c1ccc2c(c1)C1(OC2)c2ccc([As])cc2Oc2cc([As])ccc21. The molecule has 0 unspecified atom stereocenters. The Kier molecular flexibility index (Phi) is 3.81. The molecule has 0 saturated carbocycles. The molecule has 3 aromatic rings. The molecule has 4 radical (unpaired) electrons. The fourth-order valence-electron chi connectivity index (χ4n) is 3.91. The third-order valence-electron chi connectivity index (χ3n) is 5.09. The van der Waals surface area contributed by atoms with E-state index in [0.717, 1.165) is 42.5 Å². The van der Waals surface area contributed by atoms with Crippen molar-refractivity contribution in [2.24, 2.45) is 0 Å². The number of fused-ring (bicyclic) bond motifs is 6. The molecule has 27 heavy (non-hydrogen) atoms. The van der Waals surface area contributed by atoms with Gasteiger partial charge in [-0.05, 0) is 0 Å². The third-order valence-corrected chi connectivity index (χ3v) is 6.26. The third kappa shape index (κ3) is 2.44. The van der Waals surface area contributed by atoms with Crippen LogP contribution in [0.2, 0.25) is 0 Å². The molecule has 1 spiro atoms. The first-order chi connectivity index (χ1) is 13.0. The number of aromatic carboxylic acids is 1. The Morgan fingerprint density at radius 1 is 0.889 bits per heavy atom. The summed E-state index contributed by atoms with van der Waals surface area (Å²) in [6.45, 7) is 0.419. The number of hydrogen-bond donors (Lipinski definition) is 1. The van der Waals surface area contributed by atoms with Crippen LogP contribution in [0.25, 0.3) is 0 Å². The van der Waals surface area contributed by atoms with E-state index in [1.165, 1.54) is 0 Å². The molecule has 0 aromatic heterocycles. The quantitative estimate of drug-likeness (QED) is 0.544. The molecule has 0 bridgehead atoms. The zero-order valence-electron chi connectivity index (χ0n) is 14.0. The van der Waals surface area contributed by atoms with E-state index in [4.69, 9.17) is 9.47 Å². The van der Waals surface area contributed by atoms with E-state index < -0.39 is 11.6 Å². The van der Waals surface area contributed by atoms with E-state index >= 15 is 0 Å². The number of carboxylic acids is 1. The Bertz CT molecular complexity index is 1070. The van der Waals surface area contributed by atoms with Gasteiger partial charge in [0, 0.05) is 0 Å². The molecule has 1 N–H and O–H groups in total. The summed E-state index contributed by atoms with van der Waals surface area (Å²) >= 11 is 5.03. The first-order valence-corrected chi connectivity index (χ1v) is 10.2.